The molecule has 5 nitrogen and oxygen atoms in total. The molecule has 0 fully saturated rings. The molecule has 25 heavy (non-hydrogen) atoms. The SMILES string of the molecule is CCSc1nnc2c(n1)O[C@H](c1ccccc1C)Nc1ccccc1-2. The van der Waals surface area contributed by atoms with Crippen molar-refractivity contribution in [2.24, 2.45) is 0 Å². The number of rotatable bonds is 3. The molecule has 3 aromatic rings. The lowest BCUT2D eigenvalue weighted by Gasteiger charge is -2.20. The molecule has 126 valence electrons. The first-order valence-electron chi connectivity index (χ1n) is 8.22. The van der Waals surface area contributed by atoms with E-state index in [-0.39, 0.29) is 6.23 Å². The van der Waals surface area contributed by atoms with Gasteiger partial charge in [-0.15, -0.1) is 10.2 Å². The summed E-state index contributed by atoms with van der Waals surface area (Å²) in [6.07, 6.45) is -0.334. The summed E-state index contributed by atoms with van der Waals surface area (Å²) in [4.78, 5) is 4.59. The number of para-hydroxylation sites is 1. The van der Waals surface area contributed by atoms with Crippen molar-refractivity contribution in [2.45, 2.75) is 25.2 Å². The topological polar surface area (TPSA) is 59.9 Å². The molecule has 1 aliphatic rings. The number of hydrogen-bond acceptors (Lipinski definition) is 6. The summed E-state index contributed by atoms with van der Waals surface area (Å²) >= 11 is 1.55. The third kappa shape index (κ3) is 3.05. The smallest absolute Gasteiger partial charge is 0.247 e. The van der Waals surface area contributed by atoms with Crippen LogP contribution in [0.25, 0.3) is 11.3 Å². The Kier molecular flexibility index (Phi) is 4.28. The minimum absolute atomic E-state index is 0.334. The molecule has 4 rings (SSSR count). The normalized spacial score (nSPS) is 15.4. The minimum atomic E-state index is -0.334. The molecule has 0 radical (unpaired) electrons. The molecular formula is C19H18N4OS. The van der Waals surface area contributed by atoms with Gasteiger partial charge in [0.15, 0.2) is 11.9 Å². The zero-order chi connectivity index (χ0) is 17.2. The van der Waals surface area contributed by atoms with Gasteiger partial charge >= 0.3 is 0 Å². The van der Waals surface area contributed by atoms with Crippen molar-refractivity contribution in [1.29, 1.82) is 0 Å². The Hall–Kier alpha value is -2.60. The Bertz CT molecular complexity index is 915. The second-order valence-electron chi connectivity index (χ2n) is 5.73. The molecule has 2 heterocycles. The third-order valence-electron chi connectivity index (χ3n) is 4.08. The highest BCUT2D eigenvalue weighted by atomic mass is 32.2. The average molecular weight is 350 g/mol. The number of fused-ring (bicyclic) bond motifs is 3. The van der Waals surface area contributed by atoms with Crippen molar-refractivity contribution in [1.82, 2.24) is 15.2 Å². The first-order chi connectivity index (χ1) is 12.3. The van der Waals surface area contributed by atoms with E-state index in [1.165, 1.54) is 0 Å². The van der Waals surface area contributed by atoms with Crippen LogP contribution in [0.4, 0.5) is 5.69 Å². The van der Waals surface area contributed by atoms with E-state index in [0.29, 0.717) is 16.7 Å². The van der Waals surface area contributed by atoms with Crippen LogP contribution < -0.4 is 10.1 Å². The number of nitrogens with one attached hydrogen (secondary N) is 1. The van der Waals surface area contributed by atoms with E-state index >= 15 is 0 Å². The minimum Gasteiger partial charge on any atom is -0.448 e. The second kappa shape index (κ2) is 6.72. The van der Waals surface area contributed by atoms with Crippen LogP contribution in [0.1, 0.15) is 24.3 Å². The van der Waals surface area contributed by atoms with Gasteiger partial charge in [0.2, 0.25) is 11.0 Å². The highest BCUT2D eigenvalue weighted by molar-refractivity contribution is 7.99. The standard InChI is InChI=1S/C19H18N4OS/c1-3-25-19-21-18-16(22-23-19)14-10-6-7-11-15(14)20-17(24-18)13-9-5-4-8-12(13)2/h4-11,17,20H,3H2,1-2H3/t17-/m1/s1. The average Bonchev–Trinajstić information content (AvgIpc) is 2.79. The number of hydrogen-bond donors (Lipinski definition) is 1. The third-order valence-corrected chi connectivity index (χ3v) is 4.80. The van der Waals surface area contributed by atoms with Crippen molar-refractivity contribution in [3.05, 3.63) is 59.7 Å². The van der Waals surface area contributed by atoms with Gasteiger partial charge in [0.05, 0.1) is 0 Å². The maximum Gasteiger partial charge on any atom is 0.247 e. The van der Waals surface area contributed by atoms with Gasteiger partial charge in [-0.25, -0.2) is 0 Å². The summed E-state index contributed by atoms with van der Waals surface area (Å²) in [6, 6.07) is 16.2. The van der Waals surface area contributed by atoms with E-state index in [4.69, 9.17) is 4.74 Å². The van der Waals surface area contributed by atoms with E-state index in [9.17, 15) is 0 Å². The van der Waals surface area contributed by atoms with Crippen LogP contribution in [0.5, 0.6) is 5.88 Å². The highest BCUT2D eigenvalue weighted by Gasteiger charge is 2.26. The van der Waals surface area contributed by atoms with Crippen LogP contribution in [-0.2, 0) is 0 Å². The van der Waals surface area contributed by atoms with Crippen molar-refractivity contribution < 1.29 is 4.74 Å². The van der Waals surface area contributed by atoms with Crippen LogP contribution in [-0.4, -0.2) is 20.9 Å². The van der Waals surface area contributed by atoms with Crippen LogP contribution in [0.3, 0.4) is 0 Å². The number of aryl methyl sites for hydroxylation is 1. The van der Waals surface area contributed by atoms with Crippen LogP contribution in [0, 0.1) is 6.92 Å². The molecule has 1 aliphatic heterocycles. The second-order valence-corrected chi connectivity index (χ2v) is 6.96. The van der Waals surface area contributed by atoms with Gasteiger partial charge in [-0.2, -0.15) is 4.98 Å². The molecule has 0 saturated carbocycles. The first-order valence-corrected chi connectivity index (χ1v) is 9.20. The summed E-state index contributed by atoms with van der Waals surface area (Å²) in [7, 11) is 0. The summed E-state index contributed by atoms with van der Waals surface area (Å²) in [5.74, 6) is 1.40. The van der Waals surface area contributed by atoms with Crippen molar-refractivity contribution >= 4 is 17.4 Å². The predicted molar refractivity (Wildman–Crippen MR) is 99.8 cm³/mol. The Morgan fingerprint density at radius 1 is 1.08 bits per heavy atom. The van der Waals surface area contributed by atoms with E-state index < -0.39 is 0 Å². The van der Waals surface area contributed by atoms with Gasteiger partial charge < -0.3 is 10.1 Å². The Balaban J connectivity index is 1.85. The first kappa shape index (κ1) is 15.9. The summed E-state index contributed by atoms with van der Waals surface area (Å²) in [6.45, 7) is 4.14. The fraction of sp³-hybridized carbons (Fsp3) is 0.211. The molecule has 6 heteroatoms. The van der Waals surface area contributed by atoms with Crippen LogP contribution >= 0.6 is 11.8 Å². The summed E-state index contributed by atoms with van der Waals surface area (Å²) in [5, 5.41) is 12.7. The van der Waals surface area contributed by atoms with E-state index in [1.807, 2.05) is 36.4 Å². The maximum atomic E-state index is 6.26. The molecule has 0 bridgehead atoms. The van der Waals surface area contributed by atoms with E-state index in [2.05, 4.69) is 46.5 Å². The number of nitrogens with zero attached hydrogens (tertiary/aromatic N) is 3. The predicted octanol–water partition coefficient (Wildman–Crippen LogP) is 4.46. The quantitative estimate of drug-likeness (QED) is 0.704. The molecule has 0 unspecified atom stereocenters. The van der Waals surface area contributed by atoms with Crippen molar-refractivity contribution in [3.8, 4) is 17.1 Å². The van der Waals surface area contributed by atoms with Gasteiger partial charge in [0.1, 0.15) is 0 Å². The lowest BCUT2D eigenvalue weighted by molar-refractivity contribution is 0.224. The van der Waals surface area contributed by atoms with Crippen LogP contribution in [0.2, 0.25) is 0 Å². The number of benzene rings is 2. The molecule has 2 aromatic carbocycles. The fourth-order valence-corrected chi connectivity index (χ4v) is 3.36. The molecule has 0 spiro atoms. The molecule has 0 aliphatic carbocycles. The van der Waals surface area contributed by atoms with E-state index in [0.717, 1.165) is 28.1 Å². The van der Waals surface area contributed by atoms with Crippen molar-refractivity contribution in [3.63, 3.8) is 0 Å². The zero-order valence-electron chi connectivity index (χ0n) is 14.1. The maximum absolute atomic E-state index is 6.26. The van der Waals surface area contributed by atoms with Crippen LogP contribution in [0.15, 0.2) is 53.7 Å². The lowest BCUT2D eigenvalue weighted by atomic mass is 10.1. The molecule has 1 N–H and O–H groups in total. The highest BCUT2D eigenvalue weighted by Crippen LogP contribution is 2.39. The number of anilines is 1. The Labute approximate surface area is 150 Å². The lowest BCUT2D eigenvalue weighted by Crippen LogP contribution is -2.18. The Morgan fingerprint density at radius 2 is 1.88 bits per heavy atom. The molecule has 0 saturated heterocycles. The summed E-state index contributed by atoms with van der Waals surface area (Å²) in [5.41, 5.74) is 4.81. The monoisotopic (exact) mass is 350 g/mol. The number of aromatic nitrogens is 3. The largest absolute Gasteiger partial charge is 0.448 e. The van der Waals surface area contributed by atoms with Gasteiger partial charge in [-0.05, 0) is 24.3 Å². The fourth-order valence-electron chi connectivity index (χ4n) is 2.86. The molecular weight excluding hydrogens is 332 g/mol. The van der Waals surface area contributed by atoms with Gasteiger partial charge in [-0.1, -0.05) is 61.2 Å². The number of thioether (sulfide) groups is 1. The van der Waals surface area contributed by atoms with Gasteiger partial charge in [-0.3, -0.25) is 0 Å². The Morgan fingerprint density at radius 3 is 2.72 bits per heavy atom. The summed E-state index contributed by atoms with van der Waals surface area (Å²) < 4.78 is 6.26. The van der Waals surface area contributed by atoms with Gasteiger partial charge in [0, 0.05) is 16.8 Å². The number of ether oxygens (including phenoxy) is 1. The molecule has 1 aromatic heterocycles. The molecule has 1 atom stereocenters. The van der Waals surface area contributed by atoms with E-state index in [1.54, 1.807) is 11.8 Å². The van der Waals surface area contributed by atoms with Gasteiger partial charge in [0.25, 0.3) is 0 Å². The molecule has 0 amide bonds. The van der Waals surface area contributed by atoms with Crippen molar-refractivity contribution in [2.75, 3.05) is 11.1 Å². The zero-order valence-corrected chi connectivity index (χ0v) is 14.9.